The third-order valence-electron chi connectivity index (χ3n) is 4.09. The molecule has 0 aromatic heterocycles. The SMILES string of the molecule is CC(=O)N(CCC(=O)N1CCCCC1)c1ccc(Cl)cc1C. The van der Waals surface area contributed by atoms with Gasteiger partial charge in [0.15, 0.2) is 0 Å². The van der Waals surface area contributed by atoms with Crippen LogP contribution in [0.2, 0.25) is 5.02 Å². The van der Waals surface area contributed by atoms with Gasteiger partial charge in [-0.05, 0) is 49.9 Å². The van der Waals surface area contributed by atoms with E-state index >= 15 is 0 Å². The van der Waals surface area contributed by atoms with Crippen molar-refractivity contribution >= 4 is 29.1 Å². The molecule has 0 bridgehead atoms. The summed E-state index contributed by atoms with van der Waals surface area (Å²) in [6.45, 7) is 5.55. The smallest absolute Gasteiger partial charge is 0.224 e. The number of halogens is 1. The molecule has 0 radical (unpaired) electrons. The molecular weight excluding hydrogens is 300 g/mol. The molecule has 1 aromatic carbocycles. The van der Waals surface area contributed by atoms with Gasteiger partial charge in [0, 0.05) is 43.7 Å². The maximum absolute atomic E-state index is 12.3. The van der Waals surface area contributed by atoms with Gasteiger partial charge >= 0.3 is 0 Å². The van der Waals surface area contributed by atoms with E-state index in [1.807, 2.05) is 24.0 Å². The van der Waals surface area contributed by atoms with Crippen molar-refractivity contribution in [2.45, 2.75) is 39.5 Å². The highest BCUT2D eigenvalue weighted by atomic mass is 35.5. The van der Waals surface area contributed by atoms with Crippen molar-refractivity contribution < 1.29 is 9.59 Å². The highest BCUT2D eigenvalue weighted by molar-refractivity contribution is 6.30. The lowest BCUT2D eigenvalue weighted by atomic mass is 10.1. The molecule has 0 spiro atoms. The topological polar surface area (TPSA) is 40.6 Å². The Morgan fingerprint density at radius 3 is 2.50 bits per heavy atom. The molecule has 1 fully saturated rings. The molecule has 120 valence electrons. The van der Waals surface area contributed by atoms with Crippen LogP contribution in [0.4, 0.5) is 5.69 Å². The molecule has 2 rings (SSSR count). The van der Waals surface area contributed by atoms with E-state index in [1.54, 1.807) is 11.0 Å². The maximum atomic E-state index is 12.3. The summed E-state index contributed by atoms with van der Waals surface area (Å²) in [7, 11) is 0. The van der Waals surface area contributed by atoms with Crippen LogP contribution in [0.15, 0.2) is 18.2 Å². The molecule has 5 heteroatoms. The summed E-state index contributed by atoms with van der Waals surface area (Å²) < 4.78 is 0. The molecule has 0 N–H and O–H groups in total. The van der Waals surface area contributed by atoms with Gasteiger partial charge in [-0.15, -0.1) is 0 Å². The Morgan fingerprint density at radius 2 is 1.91 bits per heavy atom. The van der Waals surface area contributed by atoms with Crippen molar-refractivity contribution in [1.82, 2.24) is 4.90 Å². The first-order chi connectivity index (χ1) is 10.5. The van der Waals surface area contributed by atoms with Gasteiger partial charge in [0.1, 0.15) is 0 Å². The average Bonchev–Trinajstić information content (AvgIpc) is 2.49. The number of aryl methyl sites for hydroxylation is 1. The lowest BCUT2D eigenvalue weighted by molar-refractivity contribution is -0.131. The molecule has 1 saturated heterocycles. The molecule has 0 saturated carbocycles. The Kier molecular flexibility index (Phi) is 5.83. The van der Waals surface area contributed by atoms with Gasteiger partial charge in [0.25, 0.3) is 0 Å². The highest BCUT2D eigenvalue weighted by Gasteiger charge is 2.20. The van der Waals surface area contributed by atoms with E-state index in [1.165, 1.54) is 13.3 Å². The zero-order valence-corrected chi connectivity index (χ0v) is 14.0. The lowest BCUT2D eigenvalue weighted by Gasteiger charge is -2.28. The van der Waals surface area contributed by atoms with E-state index in [9.17, 15) is 9.59 Å². The third kappa shape index (κ3) is 4.23. The van der Waals surface area contributed by atoms with Gasteiger partial charge in [-0.3, -0.25) is 9.59 Å². The fourth-order valence-corrected chi connectivity index (χ4v) is 3.10. The summed E-state index contributed by atoms with van der Waals surface area (Å²) in [6.07, 6.45) is 3.73. The Balaban J connectivity index is 2.02. The first-order valence-electron chi connectivity index (χ1n) is 7.81. The number of carbonyl (C=O) groups excluding carboxylic acids is 2. The highest BCUT2D eigenvalue weighted by Crippen LogP contribution is 2.24. The number of rotatable bonds is 4. The monoisotopic (exact) mass is 322 g/mol. The zero-order valence-electron chi connectivity index (χ0n) is 13.3. The standard InChI is InChI=1S/C17H23ClN2O2/c1-13-12-15(18)6-7-16(13)20(14(2)21)11-8-17(22)19-9-4-3-5-10-19/h6-7,12H,3-5,8-11H2,1-2H3. The second-order valence-corrected chi connectivity index (χ2v) is 6.23. The van der Waals surface area contributed by atoms with Crippen LogP contribution in [0.25, 0.3) is 0 Å². The molecule has 1 aliphatic rings. The summed E-state index contributed by atoms with van der Waals surface area (Å²) in [5.41, 5.74) is 1.76. The van der Waals surface area contributed by atoms with E-state index in [0.29, 0.717) is 18.0 Å². The minimum absolute atomic E-state index is 0.0585. The summed E-state index contributed by atoms with van der Waals surface area (Å²) in [5, 5.41) is 0.647. The predicted octanol–water partition coefficient (Wildman–Crippen LogP) is 3.40. The van der Waals surface area contributed by atoms with Gasteiger partial charge in [-0.25, -0.2) is 0 Å². The number of hydrogen-bond acceptors (Lipinski definition) is 2. The second-order valence-electron chi connectivity index (χ2n) is 5.79. The van der Waals surface area contributed by atoms with Crippen molar-refractivity contribution in [3.05, 3.63) is 28.8 Å². The zero-order chi connectivity index (χ0) is 16.1. The molecule has 2 amide bonds. The lowest BCUT2D eigenvalue weighted by Crippen LogP contribution is -2.39. The van der Waals surface area contributed by atoms with Crippen molar-refractivity contribution in [2.24, 2.45) is 0 Å². The fourth-order valence-electron chi connectivity index (χ4n) is 2.88. The number of piperidine rings is 1. The normalized spacial score (nSPS) is 14.8. The largest absolute Gasteiger partial charge is 0.343 e. The van der Waals surface area contributed by atoms with Crippen molar-refractivity contribution in [3.8, 4) is 0 Å². The number of likely N-dealkylation sites (tertiary alicyclic amines) is 1. The van der Waals surface area contributed by atoms with Crippen LogP contribution in [0.3, 0.4) is 0 Å². The third-order valence-corrected chi connectivity index (χ3v) is 4.32. The van der Waals surface area contributed by atoms with Gasteiger partial charge in [0.2, 0.25) is 11.8 Å². The molecule has 0 atom stereocenters. The van der Waals surface area contributed by atoms with Gasteiger partial charge < -0.3 is 9.80 Å². The van der Waals surface area contributed by atoms with Crippen molar-refractivity contribution in [3.63, 3.8) is 0 Å². The van der Waals surface area contributed by atoms with Gasteiger partial charge in [-0.1, -0.05) is 11.6 Å². The van der Waals surface area contributed by atoms with Crippen LogP contribution in [-0.4, -0.2) is 36.3 Å². The van der Waals surface area contributed by atoms with Crippen LogP contribution in [0.5, 0.6) is 0 Å². The van der Waals surface area contributed by atoms with Crippen molar-refractivity contribution in [1.29, 1.82) is 0 Å². The van der Waals surface area contributed by atoms with E-state index in [4.69, 9.17) is 11.6 Å². The summed E-state index contributed by atoms with van der Waals surface area (Å²) in [4.78, 5) is 27.8. The first kappa shape index (κ1) is 16.8. The molecule has 1 aliphatic heterocycles. The van der Waals surface area contributed by atoms with E-state index in [0.717, 1.165) is 37.2 Å². The minimum atomic E-state index is -0.0585. The minimum Gasteiger partial charge on any atom is -0.343 e. The number of carbonyl (C=O) groups is 2. The van der Waals surface area contributed by atoms with Gasteiger partial charge in [0.05, 0.1) is 0 Å². The van der Waals surface area contributed by atoms with E-state index in [2.05, 4.69) is 0 Å². The number of anilines is 1. The quantitative estimate of drug-likeness (QED) is 0.852. The summed E-state index contributed by atoms with van der Waals surface area (Å²) in [5.74, 6) is 0.0782. The van der Waals surface area contributed by atoms with Crippen LogP contribution in [0, 0.1) is 6.92 Å². The number of benzene rings is 1. The second kappa shape index (κ2) is 7.63. The Labute approximate surface area is 137 Å². The van der Waals surface area contributed by atoms with Crippen LogP contribution in [0.1, 0.15) is 38.2 Å². The number of hydrogen-bond donors (Lipinski definition) is 0. The number of nitrogens with zero attached hydrogens (tertiary/aromatic N) is 2. The van der Waals surface area contributed by atoms with Crippen LogP contribution in [-0.2, 0) is 9.59 Å². The fraction of sp³-hybridized carbons (Fsp3) is 0.529. The maximum Gasteiger partial charge on any atom is 0.224 e. The molecule has 1 heterocycles. The molecule has 1 aromatic rings. The Bertz CT molecular complexity index is 554. The summed E-state index contributed by atoms with van der Waals surface area (Å²) in [6, 6.07) is 5.44. The van der Waals surface area contributed by atoms with E-state index < -0.39 is 0 Å². The molecule has 0 aliphatic carbocycles. The Morgan fingerprint density at radius 1 is 1.23 bits per heavy atom. The van der Waals surface area contributed by atoms with Gasteiger partial charge in [-0.2, -0.15) is 0 Å². The van der Waals surface area contributed by atoms with Crippen LogP contribution >= 0.6 is 11.6 Å². The predicted molar refractivity (Wildman–Crippen MR) is 89.3 cm³/mol. The Hall–Kier alpha value is -1.55. The molecule has 22 heavy (non-hydrogen) atoms. The summed E-state index contributed by atoms with van der Waals surface area (Å²) >= 11 is 5.97. The van der Waals surface area contributed by atoms with Crippen molar-refractivity contribution in [2.75, 3.05) is 24.5 Å². The number of amides is 2. The average molecular weight is 323 g/mol. The van der Waals surface area contributed by atoms with E-state index in [-0.39, 0.29) is 11.8 Å². The van der Waals surface area contributed by atoms with Crippen LogP contribution < -0.4 is 4.90 Å². The first-order valence-corrected chi connectivity index (χ1v) is 8.19. The molecular formula is C17H23ClN2O2. The molecule has 0 unspecified atom stereocenters. The molecule has 4 nitrogen and oxygen atoms in total.